The normalized spacial score (nSPS) is 16.3. The van der Waals surface area contributed by atoms with Crippen molar-refractivity contribution in [3.05, 3.63) is 46.7 Å². The van der Waals surface area contributed by atoms with Gasteiger partial charge < -0.3 is 5.11 Å². The number of aromatic nitrogens is 2. The summed E-state index contributed by atoms with van der Waals surface area (Å²) < 4.78 is 2.72. The van der Waals surface area contributed by atoms with Crippen LogP contribution in [-0.2, 0) is 10.2 Å². The number of aliphatic carboxylic acids is 1. The number of hydrogen-bond acceptors (Lipinski definition) is 2. The van der Waals surface area contributed by atoms with Crippen molar-refractivity contribution in [2.45, 2.75) is 24.7 Å². The molecule has 19 heavy (non-hydrogen) atoms. The second-order valence-electron chi connectivity index (χ2n) is 4.97. The Morgan fingerprint density at radius 1 is 1.47 bits per heavy atom. The number of carbonyl (C=O) groups is 1. The molecule has 0 amide bonds. The SMILES string of the molecule is O=C(O)CC1(c2ccc(-n3cccn3)c(Br)c2)CC1. The summed E-state index contributed by atoms with van der Waals surface area (Å²) in [7, 11) is 0. The van der Waals surface area contributed by atoms with Crippen LogP contribution < -0.4 is 0 Å². The maximum absolute atomic E-state index is 10.9. The Kier molecular flexibility index (Phi) is 2.93. The lowest BCUT2D eigenvalue weighted by atomic mass is 9.92. The van der Waals surface area contributed by atoms with E-state index in [4.69, 9.17) is 5.11 Å². The van der Waals surface area contributed by atoms with Gasteiger partial charge in [0, 0.05) is 22.3 Å². The van der Waals surface area contributed by atoms with Gasteiger partial charge in [0.05, 0.1) is 12.1 Å². The summed E-state index contributed by atoms with van der Waals surface area (Å²) in [6.07, 6.45) is 5.72. The maximum atomic E-state index is 10.9. The predicted octanol–water partition coefficient (Wildman–Crippen LogP) is 3.14. The molecule has 2 aromatic rings. The molecular weight excluding hydrogens is 308 g/mol. The van der Waals surface area contributed by atoms with E-state index in [1.807, 2.05) is 30.5 Å². The van der Waals surface area contributed by atoms with Crippen LogP contribution >= 0.6 is 15.9 Å². The van der Waals surface area contributed by atoms with E-state index in [1.165, 1.54) is 0 Å². The minimum atomic E-state index is -0.732. The molecule has 0 radical (unpaired) electrons. The third-order valence-electron chi connectivity index (χ3n) is 3.65. The van der Waals surface area contributed by atoms with Crippen molar-refractivity contribution in [2.24, 2.45) is 0 Å². The highest BCUT2D eigenvalue weighted by Gasteiger charge is 2.46. The molecule has 4 nitrogen and oxygen atoms in total. The van der Waals surface area contributed by atoms with Crippen molar-refractivity contribution in [1.82, 2.24) is 9.78 Å². The van der Waals surface area contributed by atoms with Gasteiger partial charge in [0.1, 0.15) is 0 Å². The maximum Gasteiger partial charge on any atom is 0.304 e. The van der Waals surface area contributed by atoms with Crippen LogP contribution in [0.2, 0.25) is 0 Å². The minimum absolute atomic E-state index is 0.156. The summed E-state index contributed by atoms with van der Waals surface area (Å²) in [5.74, 6) is -0.732. The molecule has 0 atom stereocenters. The van der Waals surface area contributed by atoms with E-state index in [0.717, 1.165) is 28.6 Å². The molecule has 1 fully saturated rings. The zero-order valence-corrected chi connectivity index (χ0v) is 11.8. The molecule has 0 unspecified atom stereocenters. The first-order valence-corrected chi connectivity index (χ1v) is 6.92. The molecule has 0 bridgehead atoms. The van der Waals surface area contributed by atoms with Crippen molar-refractivity contribution < 1.29 is 9.90 Å². The van der Waals surface area contributed by atoms with Crippen LogP contribution in [0.5, 0.6) is 0 Å². The molecule has 1 saturated carbocycles. The van der Waals surface area contributed by atoms with Crippen LogP contribution in [-0.4, -0.2) is 20.9 Å². The largest absolute Gasteiger partial charge is 0.481 e. The number of benzene rings is 1. The number of carboxylic acids is 1. The number of halogens is 1. The third kappa shape index (κ3) is 2.30. The topological polar surface area (TPSA) is 55.1 Å². The van der Waals surface area contributed by atoms with Gasteiger partial charge in [0.25, 0.3) is 0 Å². The van der Waals surface area contributed by atoms with Crippen LogP contribution in [0.25, 0.3) is 5.69 Å². The molecule has 98 valence electrons. The van der Waals surface area contributed by atoms with Gasteiger partial charge in [-0.05, 0) is 52.5 Å². The molecule has 3 rings (SSSR count). The van der Waals surface area contributed by atoms with Gasteiger partial charge in [-0.1, -0.05) is 6.07 Å². The fourth-order valence-electron chi connectivity index (χ4n) is 2.44. The number of rotatable bonds is 4. The molecule has 0 spiro atoms. The summed E-state index contributed by atoms with van der Waals surface area (Å²) in [6, 6.07) is 7.88. The smallest absolute Gasteiger partial charge is 0.304 e. The molecule has 1 heterocycles. The van der Waals surface area contributed by atoms with Crippen LogP contribution in [0.3, 0.4) is 0 Å². The Hall–Kier alpha value is -1.62. The standard InChI is InChI=1S/C14H13BrN2O2/c15-11-8-10(14(4-5-14)9-13(18)19)2-3-12(11)17-7-1-6-16-17/h1-3,6-8H,4-5,9H2,(H,18,19). The quantitative estimate of drug-likeness (QED) is 0.941. The van der Waals surface area contributed by atoms with E-state index in [0.29, 0.717) is 0 Å². The molecule has 1 aromatic carbocycles. The van der Waals surface area contributed by atoms with Gasteiger partial charge in [-0.15, -0.1) is 0 Å². The van der Waals surface area contributed by atoms with E-state index in [1.54, 1.807) is 10.9 Å². The van der Waals surface area contributed by atoms with Crippen LogP contribution in [0, 0.1) is 0 Å². The first-order valence-electron chi connectivity index (χ1n) is 6.13. The van der Waals surface area contributed by atoms with Crippen molar-refractivity contribution >= 4 is 21.9 Å². The fraction of sp³-hybridized carbons (Fsp3) is 0.286. The average Bonchev–Trinajstić information content (AvgIpc) is 2.93. The molecule has 1 aromatic heterocycles. The van der Waals surface area contributed by atoms with E-state index in [9.17, 15) is 4.79 Å². The Labute approximate surface area is 119 Å². The summed E-state index contributed by atoms with van der Waals surface area (Å²) in [4.78, 5) is 10.9. The monoisotopic (exact) mass is 320 g/mol. The second-order valence-corrected chi connectivity index (χ2v) is 5.82. The van der Waals surface area contributed by atoms with Gasteiger partial charge in [-0.2, -0.15) is 5.10 Å². The predicted molar refractivity (Wildman–Crippen MR) is 74.4 cm³/mol. The van der Waals surface area contributed by atoms with Crippen molar-refractivity contribution in [1.29, 1.82) is 0 Å². The van der Waals surface area contributed by atoms with Gasteiger partial charge in [0.2, 0.25) is 0 Å². The molecule has 0 aliphatic heterocycles. The fourth-order valence-corrected chi connectivity index (χ4v) is 3.00. The second kappa shape index (κ2) is 4.49. The highest BCUT2D eigenvalue weighted by atomic mass is 79.9. The first-order chi connectivity index (χ1) is 9.11. The van der Waals surface area contributed by atoms with Crippen LogP contribution in [0.4, 0.5) is 0 Å². The van der Waals surface area contributed by atoms with Crippen LogP contribution in [0.1, 0.15) is 24.8 Å². The highest BCUT2D eigenvalue weighted by Crippen LogP contribution is 2.51. The molecule has 5 heteroatoms. The lowest BCUT2D eigenvalue weighted by Gasteiger charge is -2.15. The first kappa shape index (κ1) is 12.4. The lowest BCUT2D eigenvalue weighted by Crippen LogP contribution is -2.13. The zero-order chi connectivity index (χ0) is 13.5. The molecular formula is C14H13BrN2O2. The van der Waals surface area contributed by atoms with Gasteiger partial charge in [0.15, 0.2) is 0 Å². The van der Waals surface area contributed by atoms with E-state index in [2.05, 4.69) is 21.0 Å². The van der Waals surface area contributed by atoms with Crippen molar-refractivity contribution in [3.63, 3.8) is 0 Å². The third-order valence-corrected chi connectivity index (χ3v) is 4.29. The molecule has 1 aliphatic carbocycles. The minimum Gasteiger partial charge on any atom is -0.481 e. The Morgan fingerprint density at radius 3 is 2.79 bits per heavy atom. The van der Waals surface area contributed by atoms with E-state index < -0.39 is 5.97 Å². The summed E-state index contributed by atoms with van der Waals surface area (Å²) in [5, 5.41) is 13.2. The lowest BCUT2D eigenvalue weighted by molar-refractivity contribution is -0.137. The van der Waals surface area contributed by atoms with Crippen molar-refractivity contribution in [2.75, 3.05) is 0 Å². The number of hydrogen-bond donors (Lipinski definition) is 1. The average molecular weight is 321 g/mol. The Morgan fingerprint density at radius 2 is 2.26 bits per heavy atom. The van der Waals surface area contributed by atoms with E-state index >= 15 is 0 Å². The molecule has 1 aliphatic rings. The summed E-state index contributed by atoms with van der Waals surface area (Å²) in [6.45, 7) is 0. The van der Waals surface area contributed by atoms with Gasteiger partial charge >= 0.3 is 5.97 Å². The highest BCUT2D eigenvalue weighted by molar-refractivity contribution is 9.10. The zero-order valence-electron chi connectivity index (χ0n) is 10.2. The number of carboxylic acid groups (broad SMARTS) is 1. The summed E-state index contributed by atoms with van der Waals surface area (Å²) in [5.41, 5.74) is 1.90. The van der Waals surface area contributed by atoms with Gasteiger partial charge in [-0.3, -0.25) is 4.79 Å². The Bertz CT molecular complexity index is 618. The summed E-state index contributed by atoms with van der Waals surface area (Å²) >= 11 is 3.55. The van der Waals surface area contributed by atoms with Crippen molar-refractivity contribution in [3.8, 4) is 5.69 Å². The van der Waals surface area contributed by atoms with Gasteiger partial charge in [-0.25, -0.2) is 4.68 Å². The van der Waals surface area contributed by atoms with Crippen LogP contribution in [0.15, 0.2) is 41.1 Å². The van der Waals surface area contributed by atoms with E-state index in [-0.39, 0.29) is 11.8 Å². The number of nitrogens with zero attached hydrogens (tertiary/aromatic N) is 2. The molecule has 1 N–H and O–H groups in total. The Balaban J connectivity index is 1.94. The molecule has 0 saturated heterocycles.